The molecule has 1 aliphatic heterocycles. The summed E-state index contributed by atoms with van der Waals surface area (Å²) in [5.41, 5.74) is 17.8. The van der Waals surface area contributed by atoms with Gasteiger partial charge in [-0.05, 0) is 88.1 Å². The van der Waals surface area contributed by atoms with Crippen LogP contribution in [0.25, 0.3) is 0 Å². The molecule has 14 N–H and O–H groups in total. The van der Waals surface area contributed by atoms with E-state index < -0.39 is 84.1 Å². The third-order valence-corrected chi connectivity index (χ3v) is 8.63. The highest BCUT2D eigenvalue weighted by molar-refractivity contribution is 5.98. The van der Waals surface area contributed by atoms with Crippen LogP contribution in [0.4, 0.5) is 0 Å². The fraction of sp³-hybridized carbons (Fsp3) is 0.629. The van der Waals surface area contributed by atoms with Crippen LogP contribution in [-0.4, -0.2) is 108 Å². The van der Waals surface area contributed by atoms with Crippen LogP contribution < -0.4 is 49.1 Å². The summed E-state index contributed by atoms with van der Waals surface area (Å²) in [4.78, 5) is 92.8. The van der Waals surface area contributed by atoms with Crippen LogP contribution in [0.3, 0.4) is 0 Å². The normalized spacial score (nSPS) is 21.5. The molecule has 1 fully saturated rings. The van der Waals surface area contributed by atoms with Gasteiger partial charge in [0, 0.05) is 13.0 Å². The van der Waals surface area contributed by atoms with Crippen molar-refractivity contribution in [2.45, 2.75) is 114 Å². The minimum atomic E-state index is -1.56. The van der Waals surface area contributed by atoms with Crippen LogP contribution in [0, 0.1) is 5.92 Å². The highest BCUT2D eigenvalue weighted by atomic mass is 16.4. The number of amides is 6. The van der Waals surface area contributed by atoms with Crippen LogP contribution in [0.1, 0.15) is 77.2 Å². The third kappa shape index (κ3) is 16.2. The molecule has 1 saturated heterocycles. The van der Waals surface area contributed by atoms with E-state index in [1.54, 1.807) is 13.8 Å². The highest BCUT2D eigenvalue weighted by Gasteiger charge is 2.34. The molecule has 18 nitrogen and oxygen atoms in total. The number of phenolic OH excluding ortho intramolecular Hbond substituents is 1. The summed E-state index contributed by atoms with van der Waals surface area (Å²) in [6.45, 7) is 4.19. The van der Waals surface area contributed by atoms with Gasteiger partial charge in [0.1, 0.15) is 36.0 Å². The number of aliphatic carboxylic acids is 1. The number of phenols is 1. The Bertz CT molecular complexity index is 1390. The summed E-state index contributed by atoms with van der Waals surface area (Å²) in [5, 5.41) is 35.0. The largest absolute Gasteiger partial charge is 0.508 e. The standard InChI is InChI=1S/C35H57N9O9/c1-20(2)17-28(35(52)53)44-33(50)26(18-21-9-11-22(45)12-10-21)42-34(51)27-19-29(46)39-16-13-23(38)30(47)40-24(7-3-5-14-36)31(48)41-25(32(49)43-27)8-4-6-15-37/h9-12,20,23-28,45H,3-8,13-19,36-38H2,1-2H3,(H,39,46)(H,40,47)(H,41,48)(H,42,51)(H,43,49)(H,44,50)(H,52,53)/t23-,24-,25-,26-,27-,28-/m0/s1. The van der Waals surface area contributed by atoms with Crippen LogP contribution >= 0.6 is 0 Å². The molecule has 1 aromatic rings. The number of carbonyl (C=O) groups is 7. The third-order valence-electron chi connectivity index (χ3n) is 8.63. The maximum Gasteiger partial charge on any atom is 0.326 e. The van der Waals surface area contributed by atoms with Gasteiger partial charge in [0.25, 0.3) is 0 Å². The highest BCUT2D eigenvalue weighted by Crippen LogP contribution is 2.13. The van der Waals surface area contributed by atoms with Gasteiger partial charge in [-0.3, -0.25) is 28.8 Å². The van der Waals surface area contributed by atoms with Crippen molar-refractivity contribution in [3.63, 3.8) is 0 Å². The first-order valence-corrected chi connectivity index (χ1v) is 18.1. The Hall–Kier alpha value is -4.81. The van der Waals surface area contributed by atoms with Crippen molar-refractivity contribution in [1.29, 1.82) is 0 Å². The van der Waals surface area contributed by atoms with E-state index in [1.165, 1.54) is 24.3 Å². The molecule has 0 unspecified atom stereocenters. The predicted octanol–water partition coefficient (Wildman–Crippen LogP) is -2.02. The lowest BCUT2D eigenvalue weighted by molar-refractivity contribution is -0.143. The lowest BCUT2D eigenvalue weighted by Crippen LogP contribution is -2.60. The molecule has 1 aromatic carbocycles. The average Bonchev–Trinajstić information content (AvgIpc) is 3.10. The number of carboxylic acid groups (broad SMARTS) is 1. The molecule has 0 bridgehead atoms. The van der Waals surface area contributed by atoms with E-state index >= 15 is 0 Å². The van der Waals surface area contributed by atoms with Gasteiger partial charge < -0.3 is 59.3 Å². The van der Waals surface area contributed by atoms with Gasteiger partial charge in [-0.25, -0.2) is 4.79 Å². The van der Waals surface area contributed by atoms with Crippen molar-refractivity contribution in [1.82, 2.24) is 31.9 Å². The molecule has 0 aliphatic carbocycles. The Kier molecular flexibility index (Phi) is 19.2. The molecule has 0 saturated carbocycles. The lowest BCUT2D eigenvalue weighted by atomic mass is 10.0. The van der Waals surface area contributed by atoms with E-state index in [0.717, 1.165) is 0 Å². The summed E-state index contributed by atoms with van der Waals surface area (Å²) in [6.07, 6.45) is 1.69. The fourth-order valence-corrected chi connectivity index (χ4v) is 5.63. The van der Waals surface area contributed by atoms with E-state index in [1.807, 2.05) is 0 Å². The fourth-order valence-electron chi connectivity index (χ4n) is 5.63. The molecular weight excluding hydrogens is 690 g/mol. The number of unbranched alkanes of at least 4 members (excludes halogenated alkanes) is 2. The van der Waals surface area contributed by atoms with Crippen molar-refractivity contribution < 1.29 is 43.8 Å². The van der Waals surface area contributed by atoms with Crippen molar-refractivity contribution in [3.05, 3.63) is 29.8 Å². The zero-order chi connectivity index (χ0) is 39.5. The molecule has 296 valence electrons. The number of hydrogen-bond acceptors (Lipinski definition) is 11. The van der Waals surface area contributed by atoms with Crippen molar-refractivity contribution in [2.24, 2.45) is 23.1 Å². The van der Waals surface area contributed by atoms with Crippen LogP contribution in [-0.2, 0) is 40.0 Å². The van der Waals surface area contributed by atoms with Gasteiger partial charge in [-0.2, -0.15) is 0 Å². The number of carbonyl (C=O) groups excluding carboxylic acids is 6. The van der Waals surface area contributed by atoms with Gasteiger partial charge in [0.05, 0.1) is 12.5 Å². The van der Waals surface area contributed by atoms with Gasteiger partial charge in [0.2, 0.25) is 35.4 Å². The molecule has 18 heteroatoms. The quantitative estimate of drug-likeness (QED) is 0.0770. The number of hydrogen-bond donors (Lipinski definition) is 11. The maximum atomic E-state index is 13.9. The number of carboxylic acids is 1. The van der Waals surface area contributed by atoms with Gasteiger partial charge in [-0.1, -0.05) is 26.0 Å². The maximum absolute atomic E-state index is 13.9. The van der Waals surface area contributed by atoms with E-state index in [9.17, 15) is 43.8 Å². The van der Waals surface area contributed by atoms with Gasteiger partial charge >= 0.3 is 5.97 Å². The first-order valence-electron chi connectivity index (χ1n) is 18.1. The minimum absolute atomic E-state index is 0.00432. The Morgan fingerprint density at radius 2 is 1.40 bits per heavy atom. The molecule has 1 aliphatic rings. The summed E-state index contributed by atoms with van der Waals surface area (Å²) >= 11 is 0. The SMILES string of the molecule is CC(C)C[C@H](NC(=O)[C@H](Cc1ccc(O)cc1)NC(=O)[C@@H]1CC(=O)NCC[C@H](N)C(=O)N[C@@H](CCCCN)C(=O)N[C@@H](CCCCN)C(=O)N1)C(=O)O. The molecule has 6 amide bonds. The van der Waals surface area contributed by atoms with Crippen LogP contribution in [0.15, 0.2) is 24.3 Å². The van der Waals surface area contributed by atoms with Crippen molar-refractivity contribution in [3.8, 4) is 5.75 Å². The first kappa shape index (κ1) is 44.4. The first-order chi connectivity index (χ1) is 25.1. The Labute approximate surface area is 309 Å². The van der Waals surface area contributed by atoms with E-state index in [2.05, 4.69) is 31.9 Å². The zero-order valence-corrected chi connectivity index (χ0v) is 30.5. The molecular formula is C35H57N9O9. The Morgan fingerprint density at radius 1 is 0.830 bits per heavy atom. The summed E-state index contributed by atoms with van der Waals surface area (Å²) in [7, 11) is 0. The number of rotatable bonds is 17. The van der Waals surface area contributed by atoms with Gasteiger partial charge in [0.15, 0.2) is 0 Å². The number of aromatic hydroxyl groups is 1. The summed E-state index contributed by atoms with van der Waals surface area (Å²) in [5.74, 6) is -5.93. The molecule has 53 heavy (non-hydrogen) atoms. The second-order valence-electron chi connectivity index (χ2n) is 13.7. The van der Waals surface area contributed by atoms with Crippen molar-refractivity contribution in [2.75, 3.05) is 19.6 Å². The Morgan fingerprint density at radius 3 is 1.94 bits per heavy atom. The van der Waals surface area contributed by atoms with Crippen molar-refractivity contribution >= 4 is 41.4 Å². The van der Waals surface area contributed by atoms with Crippen LogP contribution in [0.2, 0.25) is 0 Å². The predicted molar refractivity (Wildman–Crippen MR) is 195 cm³/mol. The topological polar surface area (TPSA) is 310 Å². The monoisotopic (exact) mass is 747 g/mol. The summed E-state index contributed by atoms with van der Waals surface area (Å²) < 4.78 is 0. The van der Waals surface area contributed by atoms with E-state index in [-0.39, 0.29) is 50.3 Å². The molecule has 0 aromatic heterocycles. The van der Waals surface area contributed by atoms with Gasteiger partial charge in [-0.15, -0.1) is 0 Å². The smallest absolute Gasteiger partial charge is 0.326 e. The molecule has 2 rings (SSSR count). The second-order valence-corrected chi connectivity index (χ2v) is 13.7. The molecule has 0 radical (unpaired) electrons. The number of nitrogens with two attached hydrogens (primary N) is 3. The zero-order valence-electron chi connectivity index (χ0n) is 30.5. The number of benzene rings is 1. The Balaban J connectivity index is 2.47. The van der Waals surface area contributed by atoms with E-state index in [0.29, 0.717) is 44.3 Å². The lowest BCUT2D eigenvalue weighted by Gasteiger charge is -2.27. The molecule has 6 atom stereocenters. The minimum Gasteiger partial charge on any atom is -0.508 e. The molecule has 1 heterocycles. The summed E-state index contributed by atoms with van der Waals surface area (Å²) in [6, 6.07) is -1.74. The van der Waals surface area contributed by atoms with E-state index in [4.69, 9.17) is 17.2 Å². The number of nitrogens with one attached hydrogen (secondary N) is 6. The molecule has 0 spiro atoms. The van der Waals surface area contributed by atoms with Crippen LogP contribution in [0.5, 0.6) is 5.75 Å². The average molecular weight is 748 g/mol. The second kappa shape index (κ2) is 23.0.